The molecule has 0 bridgehead atoms. The topological polar surface area (TPSA) is 67.0 Å². The summed E-state index contributed by atoms with van der Waals surface area (Å²) >= 11 is 0. The van der Waals surface area contributed by atoms with Crippen LogP contribution in [0.3, 0.4) is 0 Å². The molecule has 0 saturated heterocycles. The smallest absolute Gasteiger partial charge is 0.254 e. The van der Waals surface area contributed by atoms with Crippen molar-refractivity contribution in [1.29, 1.82) is 0 Å². The number of likely N-dealkylation sites (N-methyl/N-ethyl adjacent to an activating group) is 1. The fourth-order valence-electron chi connectivity index (χ4n) is 1.34. The van der Waals surface area contributed by atoms with Gasteiger partial charge in [0.2, 0.25) is 5.88 Å². The Labute approximate surface area is 87.9 Å². The molecule has 5 heteroatoms. The summed E-state index contributed by atoms with van der Waals surface area (Å²) < 4.78 is 5.35. The highest BCUT2D eigenvalue weighted by Crippen LogP contribution is 2.37. The molecule has 1 fully saturated rings. The molecule has 0 aliphatic heterocycles. The van der Waals surface area contributed by atoms with Crippen LogP contribution in [0.5, 0.6) is 5.88 Å². The van der Waals surface area contributed by atoms with Crippen molar-refractivity contribution in [1.82, 2.24) is 15.3 Å². The quantitative estimate of drug-likeness (QED) is 0.682. The molecule has 2 N–H and O–H groups in total. The van der Waals surface area contributed by atoms with Gasteiger partial charge in [-0.2, -0.15) is 4.98 Å². The largest absolute Gasteiger partial charge is 0.476 e. The number of aromatic nitrogens is 2. The third-order valence-corrected chi connectivity index (χ3v) is 2.30. The average Bonchev–Trinajstić information content (AvgIpc) is 3.00. The van der Waals surface area contributed by atoms with Crippen LogP contribution in [0.15, 0.2) is 10.9 Å². The first-order valence-corrected chi connectivity index (χ1v) is 5.18. The number of aromatic amines is 1. The number of nitrogens with zero attached hydrogens (tertiary/aromatic N) is 1. The van der Waals surface area contributed by atoms with Gasteiger partial charge in [-0.3, -0.25) is 4.79 Å². The standard InChI is InChI=1S/C10H15N3O2/c1-11-4-5-15-9-6-8(14)12-10(13-9)7-2-3-7/h6-7,11H,2-5H2,1H3,(H,12,13,14). The summed E-state index contributed by atoms with van der Waals surface area (Å²) in [5.74, 6) is 1.63. The van der Waals surface area contributed by atoms with E-state index in [1.165, 1.54) is 6.07 Å². The zero-order valence-electron chi connectivity index (χ0n) is 8.75. The molecule has 0 radical (unpaired) electrons. The van der Waals surface area contributed by atoms with Gasteiger partial charge in [-0.05, 0) is 19.9 Å². The lowest BCUT2D eigenvalue weighted by atomic mass is 10.4. The Kier molecular flexibility index (Phi) is 3.01. The van der Waals surface area contributed by atoms with E-state index in [-0.39, 0.29) is 5.56 Å². The van der Waals surface area contributed by atoms with E-state index in [4.69, 9.17) is 4.74 Å². The summed E-state index contributed by atoms with van der Waals surface area (Å²) in [4.78, 5) is 18.3. The molecule has 0 aromatic carbocycles. The van der Waals surface area contributed by atoms with Gasteiger partial charge in [-0.15, -0.1) is 0 Å². The highest BCUT2D eigenvalue weighted by atomic mass is 16.5. The number of hydrogen-bond donors (Lipinski definition) is 2. The van der Waals surface area contributed by atoms with Crippen LogP contribution in [0.1, 0.15) is 24.6 Å². The summed E-state index contributed by atoms with van der Waals surface area (Å²) in [6.07, 6.45) is 2.23. The Morgan fingerprint density at radius 2 is 2.47 bits per heavy atom. The van der Waals surface area contributed by atoms with Crippen molar-refractivity contribution in [2.45, 2.75) is 18.8 Å². The highest BCUT2D eigenvalue weighted by Gasteiger charge is 2.26. The Morgan fingerprint density at radius 1 is 1.67 bits per heavy atom. The van der Waals surface area contributed by atoms with Gasteiger partial charge in [-0.25, -0.2) is 0 Å². The second kappa shape index (κ2) is 4.44. The van der Waals surface area contributed by atoms with Crippen molar-refractivity contribution in [3.63, 3.8) is 0 Å². The van der Waals surface area contributed by atoms with Gasteiger partial charge in [0, 0.05) is 12.5 Å². The van der Waals surface area contributed by atoms with Crippen molar-refractivity contribution >= 4 is 0 Å². The minimum absolute atomic E-state index is 0.133. The normalized spacial score (nSPS) is 15.3. The molecule has 1 saturated carbocycles. The van der Waals surface area contributed by atoms with Gasteiger partial charge >= 0.3 is 0 Å². The monoisotopic (exact) mass is 209 g/mol. The maximum absolute atomic E-state index is 11.3. The van der Waals surface area contributed by atoms with E-state index in [1.54, 1.807) is 0 Å². The molecule has 0 spiro atoms. The van der Waals surface area contributed by atoms with Crippen LogP contribution < -0.4 is 15.6 Å². The summed E-state index contributed by atoms with van der Waals surface area (Å²) in [7, 11) is 1.85. The van der Waals surface area contributed by atoms with Crippen LogP contribution in [0.25, 0.3) is 0 Å². The van der Waals surface area contributed by atoms with E-state index in [0.29, 0.717) is 18.4 Å². The number of hydrogen-bond acceptors (Lipinski definition) is 4. The van der Waals surface area contributed by atoms with Gasteiger partial charge in [-0.1, -0.05) is 0 Å². The zero-order chi connectivity index (χ0) is 10.7. The lowest BCUT2D eigenvalue weighted by Crippen LogP contribution is -2.18. The molecule has 82 valence electrons. The van der Waals surface area contributed by atoms with Crippen molar-refractivity contribution in [3.8, 4) is 5.88 Å². The molecule has 2 rings (SSSR count). The second-order valence-electron chi connectivity index (χ2n) is 3.70. The van der Waals surface area contributed by atoms with Gasteiger partial charge in [0.25, 0.3) is 5.56 Å². The maximum Gasteiger partial charge on any atom is 0.254 e. The van der Waals surface area contributed by atoms with Crippen molar-refractivity contribution in [3.05, 3.63) is 22.2 Å². The van der Waals surface area contributed by atoms with E-state index in [0.717, 1.165) is 25.2 Å². The van der Waals surface area contributed by atoms with E-state index >= 15 is 0 Å². The van der Waals surface area contributed by atoms with Gasteiger partial charge in [0.1, 0.15) is 12.4 Å². The predicted octanol–water partition coefficient (Wildman–Crippen LogP) is 0.245. The lowest BCUT2D eigenvalue weighted by Gasteiger charge is -2.05. The minimum Gasteiger partial charge on any atom is -0.476 e. The molecule has 1 aromatic heterocycles. The van der Waals surface area contributed by atoms with Crippen LogP contribution >= 0.6 is 0 Å². The average molecular weight is 209 g/mol. The lowest BCUT2D eigenvalue weighted by molar-refractivity contribution is 0.304. The summed E-state index contributed by atoms with van der Waals surface area (Å²) in [5.41, 5.74) is -0.133. The van der Waals surface area contributed by atoms with Crippen molar-refractivity contribution < 1.29 is 4.74 Å². The van der Waals surface area contributed by atoms with Crippen LogP contribution in [-0.2, 0) is 0 Å². The molecule has 5 nitrogen and oxygen atoms in total. The van der Waals surface area contributed by atoms with Gasteiger partial charge < -0.3 is 15.0 Å². The molecule has 1 aliphatic rings. The SMILES string of the molecule is CNCCOc1cc(=O)[nH]c(C2CC2)n1. The third-order valence-electron chi connectivity index (χ3n) is 2.30. The molecule has 1 aliphatic carbocycles. The summed E-state index contributed by atoms with van der Waals surface area (Å²) in [6, 6.07) is 1.39. The first-order chi connectivity index (χ1) is 7.29. The number of nitrogens with one attached hydrogen (secondary N) is 2. The number of ether oxygens (including phenoxy) is 1. The number of rotatable bonds is 5. The van der Waals surface area contributed by atoms with E-state index < -0.39 is 0 Å². The fourth-order valence-corrected chi connectivity index (χ4v) is 1.34. The second-order valence-corrected chi connectivity index (χ2v) is 3.70. The maximum atomic E-state index is 11.3. The molecule has 15 heavy (non-hydrogen) atoms. The molecule has 0 unspecified atom stereocenters. The highest BCUT2D eigenvalue weighted by molar-refractivity contribution is 5.14. The van der Waals surface area contributed by atoms with Crippen LogP contribution in [0.2, 0.25) is 0 Å². The van der Waals surface area contributed by atoms with E-state index in [9.17, 15) is 4.79 Å². The van der Waals surface area contributed by atoms with Crippen molar-refractivity contribution in [2.24, 2.45) is 0 Å². The third kappa shape index (κ3) is 2.79. The Bertz CT molecular complexity index is 384. The summed E-state index contributed by atoms with van der Waals surface area (Å²) in [6.45, 7) is 1.27. The van der Waals surface area contributed by atoms with Crippen LogP contribution in [-0.4, -0.2) is 30.2 Å². The van der Waals surface area contributed by atoms with Crippen LogP contribution in [0.4, 0.5) is 0 Å². The predicted molar refractivity (Wildman–Crippen MR) is 56.3 cm³/mol. The first-order valence-electron chi connectivity index (χ1n) is 5.18. The van der Waals surface area contributed by atoms with Gasteiger partial charge in [0.05, 0.1) is 6.07 Å². The molecular weight excluding hydrogens is 194 g/mol. The van der Waals surface area contributed by atoms with Crippen LogP contribution in [0, 0.1) is 0 Å². The minimum atomic E-state index is -0.133. The molecular formula is C10H15N3O2. The van der Waals surface area contributed by atoms with E-state index in [1.807, 2.05) is 7.05 Å². The molecule has 0 amide bonds. The first kappa shape index (κ1) is 10.2. The molecule has 0 atom stereocenters. The van der Waals surface area contributed by atoms with Crippen molar-refractivity contribution in [2.75, 3.05) is 20.2 Å². The molecule has 1 aromatic rings. The Morgan fingerprint density at radius 3 is 3.13 bits per heavy atom. The summed E-state index contributed by atoms with van der Waals surface area (Å²) in [5, 5.41) is 2.96. The zero-order valence-corrected chi connectivity index (χ0v) is 8.75. The van der Waals surface area contributed by atoms with Gasteiger partial charge in [0.15, 0.2) is 0 Å². The van der Waals surface area contributed by atoms with E-state index in [2.05, 4.69) is 15.3 Å². The fraction of sp³-hybridized carbons (Fsp3) is 0.600. The molecule has 1 heterocycles. The Hall–Kier alpha value is -1.36. The Balaban J connectivity index is 2.06. The number of H-pyrrole nitrogens is 1.